The number of hydrogen-bond donors (Lipinski definition) is 2. The van der Waals surface area contributed by atoms with Gasteiger partial charge in [0.2, 0.25) is 5.95 Å². The molecule has 0 spiro atoms. The van der Waals surface area contributed by atoms with Gasteiger partial charge in [0.25, 0.3) is 0 Å². The molecule has 1 aliphatic heterocycles. The van der Waals surface area contributed by atoms with Crippen LogP contribution in [-0.4, -0.2) is 58.2 Å². The predicted octanol–water partition coefficient (Wildman–Crippen LogP) is 2.67. The molecule has 6 nitrogen and oxygen atoms in total. The lowest BCUT2D eigenvalue weighted by atomic mass is 9.92. The number of alkyl halides is 1. The lowest BCUT2D eigenvalue weighted by molar-refractivity contribution is 0.148. The molecule has 134 valence electrons. The Balaban J connectivity index is 1.61. The number of likely N-dealkylation sites (tertiary alicyclic amines) is 1. The molecule has 2 aliphatic rings. The Hall–Kier alpha value is -2.02. The third-order valence-electron chi connectivity index (χ3n) is 5.41. The van der Waals surface area contributed by atoms with Gasteiger partial charge >= 0.3 is 0 Å². The number of pyridine rings is 1. The van der Waals surface area contributed by atoms with E-state index in [1.807, 2.05) is 27.0 Å². The van der Waals surface area contributed by atoms with Crippen molar-refractivity contribution in [1.82, 2.24) is 19.9 Å². The topological polar surface area (TPSA) is 66.0 Å². The van der Waals surface area contributed by atoms with Gasteiger partial charge < -0.3 is 10.6 Å². The van der Waals surface area contributed by atoms with Crippen molar-refractivity contribution in [3.05, 3.63) is 17.3 Å². The van der Waals surface area contributed by atoms with Gasteiger partial charge in [-0.3, -0.25) is 4.90 Å². The molecule has 2 fully saturated rings. The van der Waals surface area contributed by atoms with Crippen molar-refractivity contribution in [2.45, 2.75) is 51.4 Å². The van der Waals surface area contributed by atoms with E-state index < -0.39 is 6.17 Å². The fourth-order valence-corrected chi connectivity index (χ4v) is 3.87. The fraction of sp³-hybridized carbons (Fsp3) is 0.611. The van der Waals surface area contributed by atoms with Gasteiger partial charge in [0.15, 0.2) is 5.65 Å². The molecular formula is C18H25FN6. The molecule has 2 unspecified atom stereocenters. The van der Waals surface area contributed by atoms with E-state index in [4.69, 9.17) is 0 Å². The summed E-state index contributed by atoms with van der Waals surface area (Å²) in [5.41, 5.74) is 2.64. The standard InChI is InChI=1S/C18H25FN6/c1-10-7-11(2)21-17-15(10)16(20-3)23-18(24-17)22-14-9-25(8-13(14)19)12-5-4-6-12/h7,12-14H,4-6,8-9H2,1-3H3,(H2,20,21,22,23,24). The summed E-state index contributed by atoms with van der Waals surface area (Å²) in [4.78, 5) is 15.9. The summed E-state index contributed by atoms with van der Waals surface area (Å²) in [7, 11) is 1.83. The molecule has 0 bridgehead atoms. The second-order valence-electron chi connectivity index (χ2n) is 7.23. The summed E-state index contributed by atoms with van der Waals surface area (Å²) in [6.45, 7) is 5.19. The van der Waals surface area contributed by atoms with Gasteiger partial charge in [0.1, 0.15) is 12.0 Å². The summed E-state index contributed by atoms with van der Waals surface area (Å²) in [5.74, 6) is 1.17. The fourth-order valence-electron chi connectivity index (χ4n) is 3.87. The van der Waals surface area contributed by atoms with Gasteiger partial charge in [-0.1, -0.05) is 6.42 Å². The van der Waals surface area contributed by atoms with Gasteiger partial charge in [-0.25, -0.2) is 9.37 Å². The van der Waals surface area contributed by atoms with E-state index in [-0.39, 0.29) is 6.04 Å². The Kier molecular flexibility index (Phi) is 4.19. The molecule has 1 saturated heterocycles. The number of aromatic nitrogens is 3. The Morgan fingerprint density at radius 3 is 2.64 bits per heavy atom. The molecule has 3 heterocycles. The average molecular weight is 344 g/mol. The lowest BCUT2D eigenvalue weighted by Crippen LogP contribution is -2.39. The highest BCUT2D eigenvalue weighted by atomic mass is 19.1. The maximum Gasteiger partial charge on any atom is 0.227 e. The van der Waals surface area contributed by atoms with Crippen LogP contribution in [0.25, 0.3) is 11.0 Å². The zero-order valence-corrected chi connectivity index (χ0v) is 15.0. The first-order chi connectivity index (χ1) is 12.0. The number of rotatable bonds is 4. The maximum atomic E-state index is 14.5. The maximum absolute atomic E-state index is 14.5. The van der Waals surface area contributed by atoms with Crippen LogP contribution in [0.15, 0.2) is 6.07 Å². The zero-order valence-electron chi connectivity index (χ0n) is 15.0. The Labute approximate surface area is 147 Å². The second-order valence-corrected chi connectivity index (χ2v) is 7.23. The van der Waals surface area contributed by atoms with Crippen LogP contribution in [0.5, 0.6) is 0 Å². The Morgan fingerprint density at radius 2 is 1.96 bits per heavy atom. The zero-order chi connectivity index (χ0) is 17.6. The van der Waals surface area contributed by atoms with Crippen LogP contribution in [-0.2, 0) is 0 Å². The van der Waals surface area contributed by atoms with Crippen LogP contribution >= 0.6 is 0 Å². The Bertz CT molecular complexity index is 791. The van der Waals surface area contributed by atoms with Crippen molar-refractivity contribution in [2.75, 3.05) is 30.8 Å². The van der Waals surface area contributed by atoms with Crippen LogP contribution in [0.3, 0.4) is 0 Å². The SMILES string of the molecule is CNc1nc(NC2CN(C3CCC3)CC2F)nc2nc(C)cc(C)c12. The monoisotopic (exact) mass is 344 g/mol. The van der Waals surface area contributed by atoms with E-state index in [2.05, 4.69) is 30.5 Å². The third-order valence-corrected chi connectivity index (χ3v) is 5.41. The number of halogens is 1. The molecule has 2 aromatic rings. The van der Waals surface area contributed by atoms with Gasteiger partial charge in [-0.05, 0) is 38.3 Å². The number of anilines is 2. The van der Waals surface area contributed by atoms with E-state index >= 15 is 0 Å². The van der Waals surface area contributed by atoms with Crippen LogP contribution < -0.4 is 10.6 Å². The summed E-state index contributed by atoms with van der Waals surface area (Å²) in [5, 5.41) is 7.24. The normalized spacial score (nSPS) is 24.5. The van der Waals surface area contributed by atoms with Gasteiger partial charge in [-0.15, -0.1) is 0 Å². The molecule has 2 N–H and O–H groups in total. The largest absolute Gasteiger partial charge is 0.372 e. The first-order valence-electron chi connectivity index (χ1n) is 9.03. The molecule has 0 amide bonds. The average Bonchev–Trinajstić information content (AvgIpc) is 2.84. The van der Waals surface area contributed by atoms with E-state index in [1.165, 1.54) is 19.3 Å². The Morgan fingerprint density at radius 1 is 1.16 bits per heavy atom. The van der Waals surface area contributed by atoms with Crippen molar-refractivity contribution >= 4 is 22.8 Å². The van der Waals surface area contributed by atoms with Gasteiger partial charge in [0, 0.05) is 31.9 Å². The van der Waals surface area contributed by atoms with E-state index in [9.17, 15) is 4.39 Å². The van der Waals surface area contributed by atoms with Crippen LogP contribution in [0, 0.1) is 13.8 Å². The first kappa shape index (κ1) is 16.4. The minimum atomic E-state index is -0.898. The molecule has 0 radical (unpaired) electrons. The minimum absolute atomic E-state index is 0.270. The molecule has 0 aromatic carbocycles. The first-order valence-corrected chi connectivity index (χ1v) is 9.03. The number of fused-ring (bicyclic) bond motifs is 1. The minimum Gasteiger partial charge on any atom is -0.372 e. The van der Waals surface area contributed by atoms with Crippen LogP contribution in [0.2, 0.25) is 0 Å². The number of hydrogen-bond acceptors (Lipinski definition) is 6. The van der Waals surface area contributed by atoms with E-state index in [0.717, 1.165) is 22.5 Å². The molecule has 4 rings (SSSR count). The molecule has 2 atom stereocenters. The molecule has 1 aliphatic carbocycles. The molecule has 1 saturated carbocycles. The highest BCUT2D eigenvalue weighted by molar-refractivity contribution is 5.90. The van der Waals surface area contributed by atoms with Crippen LogP contribution in [0.1, 0.15) is 30.5 Å². The van der Waals surface area contributed by atoms with Gasteiger partial charge in [0.05, 0.1) is 11.4 Å². The number of aryl methyl sites for hydroxylation is 2. The smallest absolute Gasteiger partial charge is 0.227 e. The lowest BCUT2D eigenvalue weighted by Gasteiger charge is -2.34. The molecule has 7 heteroatoms. The molecular weight excluding hydrogens is 319 g/mol. The van der Waals surface area contributed by atoms with Crippen molar-refractivity contribution < 1.29 is 4.39 Å². The highest BCUT2D eigenvalue weighted by Gasteiger charge is 2.38. The highest BCUT2D eigenvalue weighted by Crippen LogP contribution is 2.30. The summed E-state index contributed by atoms with van der Waals surface area (Å²) < 4.78 is 14.5. The summed E-state index contributed by atoms with van der Waals surface area (Å²) in [6, 6.07) is 2.31. The van der Waals surface area contributed by atoms with E-state index in [1.54, 1.807) is 0 Å². The van der Waals surface area contributed by atoms with E-state index in [0.29, 0.717) is 30.7 Å². The quantitative estimate of drug-likeness (QED) is 0.889. The van der Waals surface area contributed by atoms with Crippen molar-refractivity contribution in [2.24, 2.45) is 0 Å². The predicted molar refractivity (Wildman–Crippen MR) is 97.9 cm³/mol. The summed E-state index contributed by atoms with van der Waals surface area (Å²) in [6.07, 6.45) is 2.75. The number of nitrogens with zero attached hydrogens (tertiary/aromatic N) is 4. The third kappa shape index (κ3) is 3.01. The second kappa shape index (κ2) is 6.37. The molecule has 25 heavy (non-hydrogen) atoms. The number of nitrogens with one attached hydrogen (secondary N) is 2. The van der Waals surface area contributed by atoms with Crippen molar-refractivity contribution in [1.29, 1.82) is 0 Å². The molecule has 2 aromatic heterocycles. The summed E-state index contributed by atoms with van der Waals surface area (Å²) >= 11 is 0. The van der Waals surface area contributed by atoms with Crippen molar-refractivity contribution in [3.63, 3.8) is 0 Å². The van der Waals surface area contributed by atoms with Gasteiger partial charge in [-0.2, -0.15) is 9.97 Å². The van der Waals surface area contributed by atoms with Crippen molar-refractivity contribution in [3.8, 4) is 0 Å². The van der Waals surface area contributed by atoms with Crippen LogP contribution in [0.4, 0.5) is 16.2 Å².